The van der Waals surface area contributed by atoms with Crippen LogP contribution in [-0.2, 0) is 17.9 Å². The Bertz CT molecular complexity index is 659. The van der Waals surface area contributed by atoms with Crippen LogP contribution in [0.5, 0.6) is 0 Å². The number of carbonyl (C=O) groups excluding carboxylic acids is 1. The number of benzene rings is 1. The van der Waals surface area contributed by atoms with Gasteiger partial charge in [-0.15, -0.1) is 0 Å². The second-order valence-corrected chi connectivity index (χ2v) is 5.93. The van der Waals surface area contributed by atoms with Gasteiger partial charge in [-0.25, -0.2) is 9.97 Å². The lowest BCUT2D eigenvalue weighted by Crippen LogP contribution is -2.42. The molecule has 1 saturated heterocycles. The second-order valence-electron chi connectivity index (χ2n) is 5.93. The number of carbonyl (C=O) groups is 1. The number of amides is 1. The van der Waals surface area contributed by atoms with Crippen molar-refractivity contribution in [3.8, 4) is 0 Å². The highest BCUT2D eigenvalue weighted by Gasteiger charge is 2.30. The first kappa shape index (κ1) is 15.6. The standard InChI is InChI=1S/C18H22N4O/c1-14-19-10-9-16(21-14)12-20-18(23)17-8-5-11-22(17)13-15-6-3-2-4-7-15/h2-4,6-7,9-10,17H,5,8,11-13H2,1H3,(H,20,23)/t17-/m0/s1. The minimum absolute atomic E-state index is 0.0434. The molecule has 1 aliphatic rings. The third kappa shape index (κ3) is 4.13. The number of hydrogen-bond donors (Lipinski definition) is 1. The van der Waals surface area contributed by atoms with E-state index in [9.17, 15) is 4.79 Å². The van der Waals surface area contributed by atoms with E-state index >= 15 is 0 Å². The Hall–Kier alpha value is -2.27. The molecule has 0 bridgehead atoms. The van der Waals surface area contributed by atoms with Gasteiger partial charge in [0.1, 0.15) is 5.82 Å². The van der Waals surface area contributed by atoms with Crippen LogP contribution in [0.3, 0.4) is 0 Å². The van der Waals surface area contributed by atoms with Crippen molar-refractivity contribution in [2.24, 2.45) is 0 Å². The molecule has 5 nitrogen and oxygen atoms in total. The van der Waals surface area contributed by atoms with E-state index in [1.165, 1.54) is 5.56 Å². The number of hydrogen-bond acceptors (Lipinski definition) is 4. The fraction of sp³-hybridized carbons (Fsp3) is 0.389. The number of aromatic nitrogens is 2. The molecule has 1 N–H and O–H groups in total. The first-order valence-corrected chi connectivity index (χ1v) is 8.06. The summed E-state index contributed by atoms with van der Waals surface area (Å²) >= 11 is 0. The molecule has 0 spiro atoms. The molecule has 1 amide bonds. The highest BCUT2D eigenvalue weighted by molar-refractivity contribution is 5.82. The van der Waals surface area contributed by atoms with Gasteiger partial charge in [-0.2, -0.15) is 0 Å². The van der Waals surface area contributed by atoms with E-state index in [1.807, 2.05) is 31.2 Å². The predicted octanol–water partition coefficient (Wildman–Crippen LogP) is 2.07. The second kappa shape index (κ2) is 7.33. The van der Waals surface area contributed by atoms with Crippen molar-refractivity contribution in [1.82, 2.24) is 20.2 Å². The van der Waals surface area contributed by atoms with Crippen LogP contribution < -0.4 is 5.32 Å². The largest absolute Gasteiger partial charge is 0.349 e. The summed E-state index contributed by atoms with van der Waals surface area (Å²) in [5.41, 5.74) is 2.09. The third-order valence-corrected chi connectivity index (χ3v) is 4.17. The van der Waals surface area contributed by atoms with Crippen molar-refractivity contribution in [1.29, 1.82) is 0 Å². The molecule has 5 heteroatoms. The van der Waals surface area contributed by atoms with Crippen LogP contribution in [-0.4, -0.2) is 33.4 Å². The van der Waals surface area contributed by atoms with E-state index < -0.39 is 0 Å². The maximum atomic E-state index is 12.5. The van der Waals surface area contributed by atoms with Crippen LogP contribution in [0.1, 0.15) is 29.9 Å². The van der Waals surface area contributed by atoms with Gasteiger partial charge < -0.3 is 5.32 Å². The van der Waals surface area contributed by atoms with Crippen LogP contribution in [0, 0.1) is 6.92 Å². The Morgan fingerprint density at radius 2 is 2.13 bits per heavy atom. The Morgan fingerprint density at radius 3 is 2.91 bits per heavy atom. The fourth-order valence-electron chi connectivity index (χ4n) is 3.03. The van der Waals surface area contributed by atoms with E-state index in [4.69, 9.17) is 0 Å². The van der Waals surface area contributed by atoms with Crippen LogP contribution in [0.2, 0.25) is 0 Å². The average molecular weight is 310 g/mol. The quantitative estimate of drug-likeness (QED) is 0.918. The topological polar surface area (TPSA) is 58.1 Å². The molecule has 0 aliphatic carbocycles. The molecule has 1 aliphatic heterocycles. The summed E-state index contributed by atoms with van der Waals surface area (Å²) in [6.45, 7) is 4.10. The zero-order valence-corrected chi connectivity index (χ0v) is 13.4. The van der Waals surface area contributed by atoms with Crippen LogP contribution in [0.4, 0.5) is 0 Å². The molecule has 120 valence electrons. The number of aryl methyl sites for hydroxylation is 1. The monoisotopic (exact) mass is 310 g/mol. The molecule has 2 heterocycles. The summed E-state index contributed by atoms with van der Waals surface area (Å²) in [4.78, 5) is 23.2. The van der Waals surface area contributed by atoms with Gasteiger partial charge in [0.05, 0.1) is 18.3 Å². The van der Waals surface area contributed by atoms with Crippen LogP contribution >= 0.6 is 0 Å². The van der Waals surface area contributed by atoms with Crippen molar-refractivity contribution in [3.05, 3.63) is 59.7 Å². The highest BCUT2D eigenvalue weighted by atomic mass is 16.2. The number of likely N-dealkylation sites (tertiary alicyclic amines) is 1. The number of rotatable bonds is 5. The maximum absolute atomic E-state index is 12.5. The molecule has 1 atom stereocenters. The number of nitrogens with one attached hydrogen (secondary N) is 1. The van der Waals surface area contributed by atoms with Gasteiger partial charge in [0.2, 0.25) is 5.91 Å². The van der Waals surface area contributed by atoms with Crippen molar-refractivity contribution >= 4 is 5.91 Å². The summed E-state index contributed by atoms with van der Waals surface area (Å²) in [6.07, 6.45) is 3.71. The van der Waals surface area contributed by atoms with Crippen LogP contribution in [0.25, 0.3) is 0 Å². The van der Waals surface area contributed by atoms with Gasteiger partial charge in [0.15, 0.2) is 0 Å². The molecular weight excluding hydrogens is 288 g/mol. The molecule has 1 fully saturated rings. The summed E-state index contributed by atoms with van der Waals surface area (Å²) in [5.74, 6) is 0.818. The van der Waals surface area contributed by atoms with Crippen LogP contribution in [0.15, 0.2) is 42.6 Å². The summed E-state index contributed by atoms with van der Waals surface area (Å²) in [7, 11) is 0. The molecule has 3 rings (SSSR count). The SMILES string of the molecule is Cc1nccc(CNC(=O)[C@@H]2CCCN2Cc2ccccc2)n1. The molecule has 0 saturated carbocycles. The zero-order chi connectivity index (χ0) is 16.1. The van der Waals surface area contributed by atoms with Gasteiger partial charge >= 0.3 is 0 Å². The Kier molecular flexibility index (Phi) is 4.98. The fourth-order valence-corrected chi connectivity index (χ4v) is 3.03. The summed E-state index contributed by atoms with van der Waals surface area (Å²) in [5, 5.41) is 3.01. The van der Waals surface area contributed by atoms with Gasteiger partial charge in [-0.05, 0) is 37.9 Å². The van der Waals surface area contributed by atoms with E-state index in [2.05, 4.69) is 32.3 Å². The van der Waals surface area contributed by atoms with Crippen molar-refractivity contribution < 1.29 is 4.79 Å². The Balaban J connectivity index is 1.57. The van der Waals surface area contributed by atoms with Crippen molar-refractivity contribution in [3.63, 3.8) is 0 Å². The van der Waals surface area contributed by atoms with E-state index in [0.29, 0.717) is 6.54 Å². The zero-order valence-electron chi connectivity index (χ0n) is 13.4. The Morgan fingerprint density at radius 1 is 1.30 bits per heavy atom. The van der Waals surface area contributed by atoms with E-state index in [0.717, 1.165) is 37.4 Å². The molecule has 1 aromatic carbocycles. The Labute approximate surface area is 136 Å². The molecule has 1 aromatic heterocycles. The molecule has 0 unspecified atom stereocenters. The first-order chi connectivity index (χ1) is 11.2. The lowest BCUT2D eigenvalue weighted by molar-refractivity contribution is -0.125. The molecule has 2 aromatic rings. The molecular formula is C18H22N4O. The minimum atomic E-state index is -0.0434. The number of nitrogens with zero attached hydrogens (tertiary/aromatic N) is 3. The lowest BCUT2D eigenvalue weighted by Gasteiger charge is -2.23. The van der Waals surface area contributed by atoms with E-state index in [-0.39, 0.29) is 11.9 Å². The van der Waals surface area contributed by atoms with Gasteiger partial charge in [0, 0.05) is 12.7 Å². The molecule has 23 heavy (non-hydrogen) atoms. The lowest BCUT2D eigenvalue weighted by atomic mass is 10.1. The van der Waals surface area contributed by atoms with Gasteiger partial charge in [0.25, 0.3) is 0 Å². The third-order valence-electron chi connectivity index (χ3n) is 4.17. The average Bonchev–Trinajstić information content (AvgIpc) is 3.02. The molecule has 0 radical (unpaired) electrons. The van der Waals surface area contributed by atoms with Crippen molar-refractivity contribution in [2.45, 2.75) is 38.9 Å². The van der Waals surface area contributed by atoms with E-state index in [1.54, 1.807) is 6.20 Å². The smallest absolute Gasteiger partial charge is 0.237 e. The highest BCUT2D eigenvalue weighted by Crippen LogP contribution is 2.20. The summed E-state index contributed by atoms with van der Waals surface area (Å²) < 4.78 is 0. The normalized spacial score (nSPS) is 18.0. The van der Waals surface area contributed by atoms with Gasteiger partial charge in [-0.1, -0.05) is 30.3 Å². The first-order valence-electron chi connectivity index (χ1n) is 8.06. The summed E-state index contributed by atoms with van der Waals surface area (Å²) in [6, 6.07) is 12.1. The van der Waals surface area contributed by atoms with Crippen molar-refractivity contribution in [2.75, 3.05) is 6.54 Å². The predicted molar refractivity (Wildman–Crippen MR) is 88.5 cm³/mol. The minimum Gasteiger partial charge on any atom is -0.349 e. The van der Waals surface area contributed by atoms with Gasteiger partial charge in [-0.3, -0.25) is 9.69 Å². The maximum Gasteiger partial charge on any atom is 0.237 e.